The van der Waals surface area contributed by atoms with Gasteiger partial charge >= 0.3 is 0 Å². The minimum absolute atomic E-state index is 0.0816. The van der Waals surface area contributed by atoms with Crippen LogP contribution in [0.25, 0.3) is 11.0 Å². The fourth-order valence-corrected chi connectivity index (χ4v) is 3.44. The number of fused-ring (bicyclic) bond motifs is 1. The summed E-state index contributed by atoms with van der Waals surface area (Å²) in [6, 6.07) is 10.3. The van der Waals surface area contributed by atoms with Crippen LogP contribution in [0.4, 0.5) is 5.69 Å². The number of pyridine rings is 1. The summed E-state index contributed by atoms with van der Waals surface area (Å²) in [6.45, 7) is 10.2. The third kappa shape index (κ3) is 3.94. The number of aryl methyl sites for hydroxylation is 4. The zero-order valence-corrected chi connectivity index (χ0v) is 16.7. The highest BCUT2D eigenvalue weighted by Gasteiger charge is 2.17. The van der Waals surface area contributed by atoms with Gasteiger partial charge in [-0.05, 0) is 51.5 Å². The first-order valence-electron chi connectivity index (χ1n) is 9.31. The fraction of sp³-hybridized carbons (Fsp3) is 0.381. The van der Waals surface area contributed by atoms with Crippen molar-refractivity contribution >= 4 is 22.6 Å². The first kappa shape index (κ1) is 18.9. The van der Waals surface area contributed by atoms with Crippen LogP contribution in [0.1, 0.15) is 34.2 Å². The minimum Gasteiger partial charge on any atom is -0.370 e. The fourth-order valence-electron chi connectivity index (χ4n) is 3.44. The van der Waals surface area contributed by atoms with Gasteiger partial charge in [-0.2, -0.15) is 5.10 Å². The number of carbonyl (C=O) groups is 1. The number of nitrogens with zero attached hydrogens (tertiary/aromatic N) is 4. The molecule has 3 rings (SSSR count). The van der Waals surface area contributed by atoms with E-state index in [9.17, 15) is 4.79 Å². The van der Waals surface area contributed by atoms with Crippen molar-refractivity contribution in [2.24, 2.45) is 7.05 Å². The van der Waals surface area contributed by atoms with Gasteiger partial charge in [-0.15, -0.1) is 0 Å². The lowest BCUT2D eigenvalue weighted by molar-refractivity contribution is 0.0956. The van der Waals surface area contributed by atoms with Crippen LogP contribution in [0.3, 0.4) is 0 Å². The number of hydrogen-bond donors (Lipinski definition) is 1. The van der Waals surface area contributed by atoms with Crippen molar-refractivity contribution in [3.8, 4) is 0 Å². The molecular weight excluding hydrogens is 338 g/mol. The number of nitrogens with one attached hydrogen (secondary N) is 1. The first-order chi connectivity index (χ1) is 12.9. The number of amides is 1. The van der Waals surface area contributed by atoms with Crippen LogP contribution >= 0.6 is 0 Å². The van der Waals surface area contributed by atoms with E-state index < -0.39 is 0 Å². The van der Waals surface area contributed by atoms with E-state index in [0.717, 1.165) is 35.5 Å². The summed E-state index contributed by atoms with van der Waals surface area (Å²) in [5.41, 5.74) is 5.42. The lowest BCUT2D eigenvalue weighted by Crippen LogP contribution is -2.35. The minimum atomic E-state index is -0.0816. The highest BCUT2D eigenvalue weighted by Crippen LogP contribution is 2.21. The van der Waals surface area contributed by atoms with Gasteiger partial charge in [0.1, 0.15) is 0 Å². The molecule has 1 N–H and O–H groups in total. The molecule has 0 aliphatic rings. The molecule has 1 aromatic carbocycles. The maximum absolute atomic E-state index is 12.8. The highest BCUT2D eigenvalue weighted by molar-refractivity contribution is 6.06. The van der Waals surface area contributed by atoms with Crippen LogP contribution in [0.15, 0.2) is 30.3 Å². The molecule has 6 nitrogen and oxygen atoms in total. The van der Waals surface area contributed by atoms with Gasteiger partial charge in [0.2, 0.25) is 0 Å². The second kappa shape index (κ2) is 7.78. The molecule has 0 spiro atoms. The van der Waals surface area contributed by atoms with Gasteiger partial charge in [0, 0.05) is 38.1 Å². The standard InChI is InChI=1S/C21H27N5O/c1-6-26(17-9-7-8-14(2)12-17)11-10-22-21(27)18-13-15(3)23-20-19(18)16(4)24-25(20)5/h7-9,12-13H,6,10-11H2,1-5H3,(H,22,27). The van der Waals surface area contributed by atoms with E-state index in [1.807, 2.05) is 27.0 Å². The third-order valence-electron chi connectivity index (χ3n) is 4.76. The second-order valence-corrected chi connectivity index (χ2v) is 6.89. The van der Waals surface area contributed by atoms with Crippen LogP contribution in [0.2, 0.25) is 0 Å². The number of hydrogen-bond acceptors (Lipinski definition) is 4. The molecule has 0 radical (unpaired) electrons. The molecule has 6 heteroatoms. The van der Waals surface area contributed by atoms with Gasteiger partial charge in [0.05, 0.1) is 16.6 Å². The van der Waals surface area contributed by atoms with Gasteiger partial charge in [-0.3, -0.25) is 9.48 Å². The van der Waals surface area contributed by atoms with Gasteiger partial charge < -0.3 is 10.2 Å². The van der Waals surface area contributed by atoms with Crippen molar-refractivity contribution in [1.29, 1.82) is 0 Å². The molecule has 0 saturated carbocycles. The smallest absolute Gasteiger partial charge is 0.252 e. The predicted octanol–water partition coefficient (Wildman–Crippen LogP) is 3.15. The Kier molecular flexibility index (Phi) is 5.44. The maximum Gasteiger partial charge on any atom is 0.252 e. The third-order valence-corrected chi connectivity index (χ3v) is 4.76. The van der Waals surface area contributed by atoms with Crippen molar-refractivity contribution in [2.45, 2.75) is 27.7 Å². The molecule has 1 amide bonds. The predicted molar refractivity (Wildman–Crippen MR) is 109 cm³/mol. The van der Waals surface area contributed by atoms with Crippen molar-refractivity contribution in [3.05, 3.63) is 52.8 Å². The summed E-state index contributed by atoms with van der Waals surface area (Å²) < 4.78 is 1.73. The number of rotatable bonds is 6. The molecule has 3 aromatic rings. The lowest BCUT2D eigenvalue weighted by atomic mass is 10.1. The number of benzene rings is 1. The molecule has 0 aliphatic carbocycles. The molecule has 0 aliphatic heterocycles. The van der Waals surface area contributed by atoms with E-state index in [4.69, 9.17) is 0 Å². The van der Waals surface area contributed by atoms with Crippen LogP contribution in [-0.4, -0.2) is 40.3 Å². The first-order valence-corrected chi connectivity index (χ1v) is 9.31. The van der Waals surface area contributed by atoms with Crippen LogP contribution in [0, 0.1) is 20.8 Å². The Labute approximate surface area is 160 Å². The van der Waals surface area contributed by atoms with E-state index in [2.05, 4.69) is 58.4 Å². The Bertz CT molecular complexity index is 976. The molecule has 2 aromatic heterocycles. The van der Waals surface area contributed by atoms with Crippen molar-refractivity contribution in [1.82, 2.24) is 20.1 Å². The Hall–Kier alpha value is -2.89. The largest absolute Gasteiger partial charge is 0.370 e. The zero-order chi connectivity index (χ0) is 19.6. The summed E-state index contributed by atoms with van der Waals surface area (Å²) >= 11 is 0. The van der Waals surface area contributed by atoms with Gasteiger partial charge in [-0.25, -0.2) is 4.98 Å². The summed E-state index contributed by atoms with van der Waals surface area (Å²) in [6.07, 6.45) is 0. The van der Waals surface area contributed by atoms with Crippen molar-refractivity contribution in [2.75, 3.05) is 24.5 Å². The number of anilines is 1. The molecule has 0 atom stereocenters. The quantitative estimate of drug-likeness (QED) is 0.729. The lowest BCUT2D eigenvalue weighted by Gasteiger charge is -2.23. The summed E-state index contributed by atoms with van der Waals surface area (Å²) in [7, 11) is 1.85. The topological polar surface area (TPSA) is 63.1 Å². The molecule has 0 bridgehead atoms. The average molecular weight is 365 g/mol. The van der Waals surface area contributed by atoms with E-state index in [1.165, 1.54) is 11.3 Å². The molecule has 0 unspecified atom stereocenters. The van der Waals surface area contributed by atoms with Gasteiger partial charge in [0.25, 0.3) is 5.91 Å². The summed E-state index contributed by atoms with van der Waals surface area (Å²) in [4.78, 5) is 19.6. The molecule has 142 valence electrons. The maximum atomic E-state index is 12.8. The Balaban J connectivity index is 1.74. The molecule has 27 heavy (non-hydrogen) atoms. The Morgan fingerprint density at radius 2 is 2.00 bits per heavy atom. The van der Waals surface area contributed by atoms with Crippen LogP contribution < -0.4 is 10.2 Å². The Morgan fingerprint density at radius 1 is 1.22 bits per heavy atom. The van der Waals surface area contributed by atoms with Gasteiger partial charge in [-0.1, -0.05) is 12.1 Å². The molecular formula is C21H27N5O. The van der Waals surface area contributed by atoms with E-state index in [0.29, 0.717) is 12.1 Å². The molecule has 0 saturated heterocycles. The SMILES string of the molecule is CCN(CCNC(=O)c1cc(C)nc2c1c(C)nn2C)c1cccc(C)c1. The highest BCUT2D eigenvalue weighted by atomic mass is 16.1. The monoisotopic (exact) mass is 365 g/mol. The molecule has 2 heterocycles. The van der Waals surface area contributed by atoms with Crippen LogP contribution in [-0.2, 0) is 7.05 Å². The molecule has 0 fully saturated rings. The zero-order valence-electron chi connectivity index (χ0n) is 16.7. The van der Waals surface area contributed by atoms with E-state index >= 15 is 0 Å². The summed E-state index contributed by atoms with van der Waals surface area (Å²) in [5.74, 6) is -0.0816. The normalized spacial score (nSPS) is 11.0. The number of aromatic nitrogens is 3. The van der Waals surface area contributed by atoms with Gasteiger partial charge in [0.15, 0.2) is 5.65 Å². The number of carbonyl (C=O) groups excluding carboxylic acids is 1. The summed E-state index contributed by atoms with van der Waals surface area (Å²) in [5, 5.41) is 8.29. The number of likely N-dealkylation sites (N-methyl/N-ethyl adjacent to an activating group) is 1. The average Bonchev–Trinajstić information content (AvgIpc) is 2.91. The van der Waals surface area contributed by atoms with E-state index in [-0.39, 0.29) is 5.91 Å². The van der Waals surface area contributed by atoms with E-state index in [1.54, 1.807) is 4.68 Å². The Morgan fingerprint density at radius 3 is 2.70 bits per heavy atom. The van der Waals surface area contributed by atoms with Crippen molar-refractivity contribution < 1.29 is 4.79 Å². The van der Waals surface area contributed by atoms with Crippen molar-refractivity contribution in [3.63, 3.8) is 0 Å². The second-order valence-electron chi connectivity index (χ2n) is 6.89. The van der Waals surface area contributed by atoms with Crippen LogP contribution in [0.5, 0.6) is 0 Å².